The maximum Gasteiger partial charge on any atom is 0.275 e. The Bertz CT molecular complexity index is 1050. The summed E-state index contributed by atoms with van der Waals surface area (Å²) in [5.74, 6) is 0.575. The Balaban J connectivity index is 1.54. The molecule has 0 saturated heterocycles. The van der Waals surface area contributed by atoms with Crippen molar-refractivity contribution >= 4 is 11.6 Å². The maximum atomic E-state index is 12.3. The first kappa shape index (κ1) is 16.5. The van der Waals surface area contributed by atoms with Crippen LogP contribution in [-0.2, 0) is 6.42 Å². The van der Waals surface area contributed by atoms with Crippen LogP contribution in [0.3, 0.4) is 0 Å². The van der Waals surface area contributed by atoms with E-state index in [9.17, 15) is 4.79 Å². The molecule has 0 atom stereocenters. The van der Waals surface area contributed by atoms with Crippen LogP contribution in [0.5, 0.6) is 0 Å². The smallest absolute Gasteiger partial charge is 0.275 e. The number of nitrogens with zero attached hydrogens (tertiary/aromatic N) is 5. The summed E-state index contributed by atoms with van der Waals surface area (Å²) in [5, 5.41) is 6.83. The molecule has 0 unspecified atom stereocenters. The second-order valence-electron chi connectivity index (χ2n) is 5.63. The van der Waals surface area contributed by atoms with E-state index in [4.69, 9.17) is 4.52 Å². The molecule has 0 bridgehead atoms. The van der Waals surface area contributed by atoms with Crippen LogP contribution in [-0.4, -0.2) is 31.0 Å². The lowest BCUT2D eigenvalue weighted by Gasteiger charge is -2.09. The third kappa shape index (κ3) is 3.84. The number of carbonyl (C=O) groups is 1. The lowest BCUT2D eigenvalue weighted by Crippen LogP contribution is -2.15. The average molecular weight is 358 g/mol. The zero-order chi connectivity index (χ0) is 18.5. The van der Waals surface area contributed by atoms with Crippen LogP contribution in [0.4, 0.5) is 5.69 Å². The van der Waals surface area contributed by atoms with Crippen molar-refractivity contribution in [2.24, 2.45) is 0 Å². The number of hydrogen-bond donors (Lipinski definition) is 1. The first-order valence-electron chi connectivity index (χ1n) is 8.18. The molecule has 0 aliphatic carbocycles. The molecule has 27 heavy (non-hydrogen) atoms. The summed E-state index contributed by atoms with van der Waals surface area (Å²) in [6, 6.07) is 11.1. The summed E-state index contributed by atoms with van der Waals surface area (Å²) in [4.78, 5) is 28.7. The van der Waals surface area contributed by atoms with E-state index < -0.39 is 0 Å². The quantitative estimate of drug-likeness (QED) is 0.584. The molecule has 8 heteroatoms. The topological polar surface area (TPSA) is 107 Å². The minimum atomic E-state index is -0.336. The van der Waals surface area contributed by atoms with Gasteiger partial charge in [0.1, 0.15) is 5.69 Å². The summed E-state index contributed by atoms with van der Waals surface area (Å²) in [7, 11) is 0. The molecule has 8 nitrogen and oxygen atoms in total. The van der Waals surface area contributed by atoms with Gasteiger partial charge >= 0.3 is 0 Å². The summed E-state index contributed by atoms with van der Waals surface area (Å²) in [6.45, 7) is 0. The Kier molecular flexibility index (Phi) is 4.60. The first-order chi connectivity index (χ1) is 13.3. The van der Waals surface area contributed by atoms with Crippen LogP contribution in [0.2, 0.25) is 0 Å². The van der Waals surface area contributed by atoms with Gasteiger partial charge in [0.05, 0.1) is 12.6 Å². The van der Waals surface area contributed by atoms with Gasteiger partial charge in [-0.05, 0) is 23.8 Å². The Morgan fingerprint density at radius 3 is 2.70 bits per heavy atom. The molecule has 0 fully saturated rings. The molecule has 132 valence electrons. The molecule has 1 aromatic carbocycles. The molecule has 3 aromatic heterocycles. The fraction of sp³-hybridized carbons (Fsp3) is 0.0526. The predicted molar refractivity (Wildman–Crippen MR) is 96.8 cm³/mol. The van der Waals surface area contributed by atoms with Crippen molar-refractivity contribution in [3.05, 3.63) is 84.5 Å². The van der Waals surface area contributed by atoms with E-state index in [2.05, 4.69) is 30.4 Å². The zero-order valence-corrected chi connectivity index (χ0v) is 14.1. The van der Waals surface area contributed by atoms with E-state index in [0.29, 0.717) is 23.8 Å². The fourth-order valence-electron chi connectivity index (χ4n) is 2.50. The molecule has 0 aliphatic heterocycles. The van der Waals surface area contributed by atoms with Crippen molar-refractivity contribution in [1.29, 1.82) is 0 Å². The van der Waals surface area contributed by atoms with E-state index >= 15 is 0 Å². The monoisotopic (exact) mass is 358 g/mol. The van der Waals surface area contributed by atoms with E-state index in [-0.39, 0.29) is 11.6 Å². The van der Waals surface area contributed by atoms with Gasteiger partial charge in [0.2, 0.25) is 11.7 Å². The number of aromatic nitrogens is 5. The number of amides is 1. The third-order valence-electron chi connectivity index (χ3n) is 3.79. The van der Waals surface area contributed by atoms with Gasteiger partial charge < -0.3 is 9.84 Å². The molecule has 0 aliphatic rings. The highest BCUT2D eigenvalue weighted by molar-refractivity contribution is 6.03. The summed E-state index contributed by atoms with van der Waals surface area (Å²) < 4.78 is 5.34. The van der Waals surface area contributed by atoms with Gasteiger partial charge in [-0.2, -0.15) is 4.98 Å². The van der Waals surface area contributed by atoms with Crippen LogP contribution in [0, 0.1) is 0 Å². The van der Waals surface area contributed by atoms with Crippen LogP contribution < -0.4 is 5.32 Å². The second kappa shape index (κ2) is 7.52. The lowest BCUT2D eigenvalue weighted by atomic mass is 10.1. The standard InChI is InChI=1S/C19H14N6O2/c26-19(16-12-21-8-9-22-16)23-15-6-2-1-4-13(15)10-17-24-18(25-27-17)14-5-3-7-20-11-14/h1-9,11-12H,10H2,(H,23,26). The number of hydrogen-bond acceptors (Lipinski definition) is 7. The molecular formula is C19H14N6O2. The highest BCUT2D eigenvalue weighted by Crippen LogP contribution is 2.21. The Morgan fingerprint density at radius 2 is 1.89 bits per heavy atom. The predicted octanol–water partition coefficient (Wildman–Crippen LogP) is 2.76. The Morgan fingerprint density at radius 1 is 1.00 bits per heavy atom. The molecule has 4 aromatic rings. The third-order valence-corrected chi connectivity index (χ3v) is 3.79. The fourth-order valence-corrected chi connectivity index (χ4v) is 2.50. The Hall–Kier alpha value is -3.94. The van der Waals surface area contributed by atoms with Crippen molar-refractivity contribution in [3.8, 4) is 11.4 Å². The highest BCUT2D eigenvalue weighted by Gasteiger charge is 2.14. The molecule has 0 spiro atoms. The van der Waals surface area contributed by atoms with E-state index in [0.717, 1.165) is 11.1 Å². The molecule has 0 saturated carbocycles. The highest BCUT2D eigenvalue weighted by atomic mass is 16.5. The SMILES string of the molecule is O=C(Nc1ccccc1Cc1nc(-c2cccnc2)no1)c1cnccn1. The number of anilines is 1. The zero-order valence-electron chi connectivity index (χ0n) is 14.1. The molecule has 1 N–H and O–H groups in total. The summed E-state index contributed by atoms with van der Waals surface area (Å²) in [6.07, 6.45) is 8.13. The van der Waals surface area contributed by atoms with E-state index in [1.54, 1.807) is 12.4 Å². The van der Waals surface area contributed by atoms with Crippen molar-refractivity contribution in [3.63, 3.8) is 0 Å². The van der Waals surface area contributed by atoms with Gasteiger partial charge in [0.25, 0.3) is 5.91 Å². The number of nitrogens with one attached hydrogen (secondary N) is 1. The molecule has 3 heterocycles. The summed E-state index contributed by atoms with van der Waals surface area (Å²) in [5.41, 5.74) is 2.51. The number of pyridine rings is 1. The maximum absolute atomic E-state index is 12.3. The largest absolute Gasteiger partial charge is 0.339 e. The van der Waals surface area contributed by atoms with Crippen molar-refractivity contribution < 1.29 is 9.32 Å². The number of carbonyl (C=O) groups excluding carboxylic acids is 1. The van der Waals surface area contributed by atoms with Crippen LogP contribution in [0.25, 0.3) is 11.4 Å². The van der Waals surface area contributed by atoms with Gasteiger partial charge in [0.15, 0.2) is 0 Å². The van der Waals surface area contributed by atoms with Gasteiger partial charge in [-0.15, -0.1) is 0 Å². The lowest BCUT2D eigenvalue weighted by molar-refractivity contribution is 0.102. The van der Waals surface area contributed by atoms with E-state index in [1.807, 2.05) is 36.4 Å². The average Bonchev–Trinajstić information content (AvgIpc) is 3.19. The first-order valence-corrected chi connectivity index (χ1v) is 8.18. The van der Waals surface area contributed by atoms with Crippen molar-refractivity contribution in [1.82, 2.24) is 25.1 Å². The minimum absolute atomic E-state index is 0.240. The van der Waals surface area contributed by atoms with Gasteiger partial charge in [-0.1, -0.05) is 23.4 Å². The van der Waals surface area contributed by atoms with Gasteiger partial charge in [-0.3, -0.25) is 14.8 Å². The van der Waals surface area contributed by atoms with Crippen molar-refractivity contribution in [2.75, 3.05) is 5.32 Å². The van der Waals surface area contributed by atoms with Crippen LogP contribution >= 0.6 is 0 Å². The van der Waals surface area contributed by atoms with Crippen LogP contribution in [0.15, 0.2) is 71.9 Å². The van der Waals surface area contributed by atoms with E-state index in [1.165, 1.54) is 18.6 Å². The molecule has 0 radical (unpaired) electrons. The van der Waals surface area contributed by atoms with Crippen LogP contribution in [0.1, 0.15) is 21.9 Å². The van der Waals surface area contributed by atoms with Gasteiger partial charge in [-0.25, -0.2) is 4.98 Å². The minimum Gasteiger partial charge on any atom is -0.339 e. The van der Waals surface area contributed by atoms with Gasteiger partial charge in [0, 0.05) is 36.0 Å². The number of rotatable bonds is 5. The second-order valence-corrected chi connectivity index (χ2v) is 5.63. The number of benzene rings is 1. The molecular weight excluding hydrogens is 344 g/mol. The van der Waals surface area contributed by atoms with Crippen molar-refractivity contribution in [2.45, 2.75) is 6.42 Å². The number of para-hydroxylation sites is 1. The molecule has 1 amide bonds. The Labute approximate surface area is 154 Å². The summed E-state index contributed by atoms with van der Waals surface area (Å²) >= 11 is 0. The molecule has 4 rings (SSSR count). The normalized spacial score (nSPS) is 10.5.